The SMILES string of the molecule is Brc1ccc(-c2cc(-c3cccc4ccccc34)c3cccc(N4c5ccccc5Oc5ccccc54)c3n2)cc1. The molecular weight excluding hydrogens is 568 g/mol. The molecule has 0 saturated heterocycles. The molecule has 3 nitrogen and oxygen atoms in total. The van der Waals surface area contributed by atoms with Crippen molar-refractivity contribution in [2.75, 3.05) is 4.90 Å². The van der Waals surface area contributed by atoms with Crippen molar-refractivity contribution in [1.82, 2.24) is 4.98 Å². The number of pyridine rings is 1. The zero-order valence-electron chi connectivity index (χ0n) is 22.0. The highest BCUT2D eigenvalue weighted by molar-refractivity contribution is 9.10. The van der Waals surface area contributed by atoms with Crippen LogP contribution >= 0.6 is 15.9 Å². The second kappa shape index (κ2) is 9.61. The van der Waals surface area contributed by atoms with E-state index in [-0.39, 0.29) is 0 Å². The third-order valence-electron chi connectivity index (χ3n) is 7.71. The molecule has 0 saturated carbocycles. The number of fused-ring (bicyclic) bond motifs is 4. The summed E-state index contributed by atoms with van der Waals surface area (Å²) in [6, 6.07) is 48.6. The number of halogens is 1. The highest BCUT2D eigenvalue weighted by Gasteiger charge is 2.27. The van der Waals surface area contributed by atoms with Crippen LogP contribution < -0.4 is 9.64 Å². The van der Waals surface area contributed by atoms with Gasteiger partial charge < -0.3 is 9.64 Å². The Labute approximate surface area is 246 Å². The van der Waals surface area contributed by atoms with Crippen molar-refractivity contribution >= 4 is 54.7 Å². The molecule has 0 fully saturated rings. The third-order valence-corrected chi connectivity index (χ3v) is 8.24. The maximum absolute atomic E-state index is 6.32. The Morgan fingerprint density at radius 3 is 1.93 bits per heavy atom. The van der Waals surface area contributed by atoms with Crippen LogP contribution in [-0.4, -0.2) is 4.98 Å². The minimum atomic E-state index is 0.821. The summed E-state index contributed by atoms with van der Waals surface area (Å²) in [6.07, 6.45) is 0. The van der Waals surface area contributed by atoms with Gasteiger partial charge in [0.2, 0.25) is 0 Å². The fraction of sp³-hybridized carbons (Fsp3) is 0. The molecule has 1 aliphatic rings. The molecule has 1 aromatic heterocycles. The number of benzene rings is 6. The summed E-state index contributed by atoms with van der Waals surface area (Å²) in [4.78, 5) is 7.64. The number of para-hydroxylation sites is 5. The molecule has 0 atom stereocenters. The van der Waals surface area contributed by atoms with Crippen LogP contribution in [0.4, 0.5) is 17.1 Å². The summed E-state index contributed by atoms with van der Waals surface area (Å²) >= 11 is 3.59. The van der Waals surface area contributed by atoms with Crippen LogP contribution in [0, 0.1) is 0 Å². The van der Waals surface area contributed by atoms with Gasteiger partial charge in [-0.3, -0.25) is 0 Å². The van der Waals surface area contributed by atoms with Gasteiger partial charge in [-0.15, -0.1) is 0 Å². The first-order valence-corrected chi connectivity index (χ1v) is 14.4. The lowest BCUT2D eigenvalue weighted by atomic mass is 9.93. The lowest BCUT2D eigenvalue weighted by Gasteiger charge is -2.33. The molecule has 0 amide bonds. The molecule has 4 heteroatoms. The van der Waals surface area contributed by atoms with Gasteiger partial charge in [-0.1, -0.05) is 107 Å². The zero-order chi connectivity index (χ0) is 27.3. The fourth-order valence-corrected chi connectivity index (χ4v) is 6.09. The molecule has 0 N–H and O–H groups in total. The van der Waals surface area contributed by atoms with E-state index in [0.717, 1.165) is 60.8 Å². The lowest BCUT2D eigenvalue weighted by molar-refractivity contribution is 0.477. The smallest absolute Gasteiger partial charge is 0.151 e. The minimum absolute atomic E-state index is 0.821. The first-order valence-electron chi connectivity index (χ1n) is 13.6. The predicted octanol–water partition coefficient (Wildman–Crippen LogP) is 11.1. The summed E-state index contributed by atoms with van der Waals surface area (Å²) in [6.45, 7) is 0. The van der Waals surface area contributed by atoms with Gasteiger partial charge in [-0.2, -0.15) is 0 Å². The van der Waals surface area contributed by atoms with E-state index in [0.29, 0.717) is 0 Å². The van der Waals surface area contributed by atoms with Crippen molar-refractivity contribution in [1.29, 1.82) is 0 Å². The second-order valence-corrected chi connectivity index (χ2v) is 11.1. The van der Waals surface area contributed by atoms with Gasteiger partial charge in [-0.25, -0.2) is 4.98 Å². The summed E-state index contributed by atoms with van der Waals surface area (Å²) in [5.74, 6) is 1.64. The second-order valence-electron chi connectivity index (χ2n) is 10.1. The van der Waals surface area contributed by atoms with E-state index in [4.69, 9.17) is 9.72 Å². The monoisotopic (exact) mass is 590 g/mol. The molecule has 0 spiro atoms. The average Bonchev–Trinajstić information content (AvgIpc) is 3.03. The van der Waals surface area contributed by atoms with E-state index in [9.17, 15) is 0 Å². The van der Waals surface area contributed by atoms with E-state index in [2.05, 4.69) is 136 Å². The summed E-state index contributed by atoms with van der Waals surface area (Å²) in [5, 5.41) is 3.53. The van der Waals surface area contributed by atoms with Gasteiger partial charge in [0.25, 0.3) is 0 Å². The molecule has 6 aromatic carbocycles. The van der Waals surface area contributed by atoms with Crippen molar-refractivity contribution in [3.63, 3.8) is 0 Å². The molecule has 1 aliphatic heterocycles. The molecular formula is C37H23BrN2O. The topological polar surface area (TPSA) is 25.4 Å². The standard InChI is InChI=1S/C37H23BrN2O/c38-26-21-19-25(20-22-26)31-23-30(28-12-7-10-24-9-1-2-11-27(24)28)29-13-8-16-34(37(29)39-31)40-32-14-3-5-17-35(32)41-36-18-6-4-15-33(36)40/h1-23H. The van der Waals surface area contributed by atoms with E-state index >= 15 is 0 Å². The first-order chi connectivity index (χ1) is 20.2. The molecule has 0 radical (unpaired) electrons. The number of aromatic nitrogens is 1. The maximum Gasteiger partial charge on any atom is 0.151 e. The third kappa shape index (κ3) is 3.99. The van der Waals surface area contributed by atoms with E-state index in [1.54, 1.807) is 0 Å². The zero-order valence-corrected chi connectivity index (χ0v) is 23.5. The van der Waals surface area contributed by atoms with E-state index < -0.39 is 0 Å². The van der Waals surface area contributed by atoms with Crippen molar-refractivity contribution in [3.8, 4) is 33.9 Å². The van der Waals surface area contributed by atoms with Crippen LogP contribution in [0.3, 0.4) is 0 Å². The van der Waals surface area contributed by atoms with E-state index in [1.807, 2.05) is 24.3 Å². The van der Waals surface area contributed by atoms with Gasteiger partial charge in [0.15, 0.2) is 11.5 Å². The number of ether oxygens (including phenoxy) is 1. The van der Waals surface area contributed by atoms with Crippen molar-refractivity contribution < 1.29 is 4.74 Å². The van der Waals surface area contributed by atoms with Gasteiger partial charge in [0.1, 0.15) is 0 Å². The van der Waals surface area contributed by atoms with E-state index in [1.165, 1.54) is 16.3 Å². The van der Waals surface area contributed by atoms with Gasteiger partial charge in [0, 0.05) is 15.4 Å². The number of rotatable bonds is 3. The first kappa shape index (κ1) is 23.9. The number of nitrogens with zero attached hydrogens (tertiary/aromatic N) is 2. The van der Waals surface area contributed by atoms with Crippen molar-refractivity contribution in [3.05, 3.63) is 144 Å². The number of hydrogen-bond donors (Lipinski definition) is 0. The highest BCUT2D eigenvalue weighted by Crippen LogP contribution is 2.52. The van der Waals surface area contributed by atoms with Crippen LogP contribution in [0.15, 0.2) is 144 Å². The van der Waals surface area contributed by atoms with Gasteiger partial charge in [0.05, 0.1) is 28.3 Å². The molecule has 0 aliphatic carbocycles. The minimum Gasteiger partial charge on any atom is -0.453 e. The highest BCUT2D eigenvalue weighted by atomic mass is 79.9. The van der Waals surface area contributed by atoms with Crippen LogP contribution in [0.1, 0.15) is 0 Å². The molecule has 8 rings (SSSR count). The quantitative estimate of drug-likeness (QED) is 0.204. The van der Waals surface area contributed by atoms with Crippen LogP contribution in [-0.2, 0) is 0 Å². The Morgan fingerprint density at radius 2 is 1.15 bits per heavy atom. The van der Waals surface area contributed by atoms with Crippen LogP contribution in [0.2, 0.25) is 0 Å². The summed E-state index contributed by atoms with van der Waals surface area (Å²) in [5.41, 5.74) is 8.25. The molecule has 194 valence electrons. The number of anilines is 3. The maximum atomic E-state index is 6.32. The molecule has 7 aromatic rings. The van der Waals surface area contributed by atoms with Gasteiger partial charge in [-0.05, 0) is 70.4 Å². The predicted molar refractivity (Wildman–Crippen MR) is 173 cm³/mol. The fourth-order valence-electron chi connectivity index (χ4n) is 5.83. The van der Waals surface area contributed by atoms with Crippen molar-refractivity contribution in [2.24, 2.45) is 0 Å². The Hall–Kier alpha value is -4.93. The van der Waals surface area contributed by atoms with Crippen LogP contribution in [0.5, 0.6) is 11.5 Å². The Bertz CT molecular complexity index is 2050. The normalized spacial score (nSPS) is 12.2. The molecule has 0 bridgehead atoms. The largest absolute Gasteiger partial charge is 0.453 e. The Morgan fingerprint density at radius 1 is 0.537 bits per heavy atom. The van der Waals surface area contributed by atoms with Crippen molar-refractivity contribution in [2.45, 2.75) is 0 Å². The molecule has 41 heavy (non-hydrogen) atoms. The van der Waals surface area contributed by atoms with Gasteiger partial charge >= 0.3 is 0 Å². The number of hydrogen-bond acceptors (Lipinski definition) is 3. The summed E-state index contributed by atoms with van der Waals surface area (Å²) in [7, 11) is 0. The summed E-state index contributed by atoms with van der Waals surface area (Å²) < 4.78 is 7.36. The molecule has 2 heterocycles. The Kier molecular flexibility index (Phi) is 5.61. The molecule has 0 unspecified atom stereocenters. The Balaban J connectivity index is 1.47. The van der Waals surface area contributed by atoms with Crippen LogP contribution in [0.25, 0.3) is 44.1 Å². The average molecular weight is 592 g/mol. The lowest BCUT2D eigenvalue weighted by Crippen LogP contribution is -2.16.